The topological polar surface area (TPSA) is 117 Å². The highest BCUT2D eigenvalue weighted by Crippen LogP contribution is 2.12. The summed E-state index contributed by atoms with van der Waals surface area (Å²) in [4.78, 5) is 24.8. The third kappa shape index (κ3) is 1.80. The Morgan fingerprint density at radius 3 is 2.46 bits per heavy atom. The molecule has 2 N–H and O–H groups in total. The van der Waals surface area contributed by atoms with Crippen molar-refractivity contribution in [2.75, 3.05) is 0 Å². The summed E-state index contributed by atoms with van der Waals surface area (Å²) in [6.45, 7) is 0. The fraction of sp³-hybridized carbons (Fsp3) is 0. The zero-order valence-electron chi connectivity index (χ0n) is 6.07. The van der Waals surface area contributed by atoms with Crippen molar-refractivity contribution >= 4 is 23.2 Å². The van der Waals surface area contributed by atoms with Crippen LogP contribution in [0, 0.1) is 10.4 Å². The van der Waals surface area contributed by atoms with E-state index in [1.807, 2.05) is 0 Å². The molecule has 0 fully saturated rings. The van der Waals surface area contributed by atoms with E-state index in [4.69, 9.17) is 0 Å². The molecule has 0 aromatic carbocycles. The van der Waals surface area contributed by atoms with E-state index in [2.05, 4.69) is 4.98 Å². The highest BCUT2D eigenvalue weighted by molar-refractivity contribution is 7.12. The molecule has 0 radical (unpaired) electrons. The molecule has 8 heteroatoms. The Morgan fingerprint density at radius 2 is 1.92 bits per heavy atom. The van der Waals surface area contributed by atoms with Gasteiger partial charge in [0.1, 0.15) is 4.88 Å². The summed E-state index contributed by atoms with van der Waals surface area (Å²) in [7, 11) is 0. The second-order valence-corrected chi connectivity index (χ2v) is 2.75. The zero-order chi connectivity index (χ0) is 9.84. The Kier molecular flexibility index (Phi) is 2.90. The van der Waals surface area contributed by atoms with Gasteiger partial charge in [0.2, 0.25) is 0 Å². The number of rotatable bonds is 2. The number of carbonyl (C=O) groups is 2. The van der Waals surface area contributed by atoms with Crippen LogP contribution in [0.15, 0.2) is 5.51 Å². The van der Waals surface area contributed by atoms with Gasteiger partial charge in [-0.15, -0.1) is 11.3 Å². The molecule has 0 aliphatic rings. The molecular weight excluding hydrogens is 198 g/mol. The molecule has 0 saturated carbocycles. The molecule has 1 aromatic heterocycles. The van der Waals surface area contributed by atoms with Crippen LogP contribution < -0.4 is 11.0 Å². The molecule has 0 atom stereocenters. The molecule has 0 aliphatic heterocycles. The van der Waals surface area contributed by atoms with Crippen molar-refractivity contribution in [2.45, 2.75) is 0 Å². The van der Waals surface area contributed by atoms with Crippen molar-refractivity contribution in [1.82, 2.24) is 15.9 Å². The van der Waals surface area contributed by atoms with Crippen molar-refractivity contribution in [1.29, 1.82) is 0 Å². The fourth-order valence-corrected chi connectivity index (χ4v) is 1.33. The number of amides is 2. The van der Waals surface area contributed by atoms with Gasteiger partial charge in [-0.2, -0.15) is 0 Å². The van der Waals surface area contributed by atoms with Crippen LogP contribution in [-0.4, -0.2) is 16.8 Å². The lowest BCUT2D eigenvalue weighted by molar-refractivity contribution is 0.0936. The molecule has 1 aromatic rings. The molecule has 0 aliphatic carbocycles. The van der Waals surface area contributed by atoms with Crippen LogP contribution in [-0.2, 0) is 0 Å². The number of carbonyl (C=O) groups excluding carboxylic acids is 2. The van der Waals surface area contributed by atoms with Gasteiger partial charge < -0.3 is 21.4 Å². The van der Waals surface area contributed by atoms with Gasteiger partial charge in [0.05, 0.1) is 5.51 Å². The normalized spacial score (nSPS) is 9.38. The maximum atomic E-state index is 10.8. The predicted octanol–water partition coefficient (Wildman–Crippen LogP) is -0.402. The number of thiazole rings is 1. The van der Waals surface area contributed by atoms with Gasteiger partial charge in [0.15, 0.2) is 5.69 Å². The number of hydrogen-bond donors (Lipinski definition) is 2. The summed E-state index contributed by atoms with van der Waals surface area (Å²) in [5, 5.41) is 19.9. The Bertz CT molecular complexity index is 306. The molecule has 70 valence electrons. The minimum atomic E-state index is -1.04. The maximum Gasteiger partial charge on any atom is 0.261 e. The molecule has 2 amide bonds. The van der Waals surface area contributed by atoms with Crippen LogP contribution in [0.25, 0.3) is 0 Å². The minimum Gasteiger partial charge on any atom is -0.759 e. The van der Waals surface area contributed by atoms with Crippen LogP contribution >= 0.6 is 11.3 Å². The van der Waals surface area contributed by atoms with Crippen molar-refractivity contribution in [2.24, 2.45) is 0 Å². The largest absolute Gasteiger partial charge is 0.759 e. The van der Waals surface area contributed by atoms with Crippen LogP contribution in [0.3, 0.4) is 0 Å². The lowest BCUT2D eigenvalue weighted by atomic mass is 10.3. The first-order valence-electron chi connectivity index (χ1n) is 2.99. The molecule has 0 spiro atoms. The van der Waals surface area contributed by atoms with E-state index in [0.717, 1.165) is 22.3 Å². The van der Waals surface area contributed by atoms with Crippen LogP contribution in [0.5, 0.6) is 0 Å². The van der Waals surface area contributed by atoms with Crippen molar-refractivity contribution < 1.29 is 9.59 Å². The average Bonchev–Trinajstić information content (AvgIpc) is 2.63. The number of hydroxylamine groups is 2. The zero-order valence-corrected chi connectivity index (χ0v) is 6.88. The average molecular weight is 201 g/mol. The summed E-state index contributed by atoms with van der Waals surface area (Å²) in [6.07, 6.45) is 0. The third-order valence-electron chi connectivity index (χ3n) is 1.17. The van der Waals surface area contributed by atoms with Crippen LogP contribution in [0.1, 0.15) is 20.2 Å². The van der Waals surface area contributed by atoms with Gasteiger partial charge in [-0.3, -0.25) is 9.59 Å². The molecule has 1 rings (SSSR count). The first kappa shape index (κ1) is 9.58. The number of hydrogen-bond acceptors (Lipinski definition) is 6. The summed E-state index contributed by atoms with van der Waals surface area (Å²) in [5.41, 5.74) is 3.00. The molecule has 1 heterocycles. The molecule has 7 nitrogen and oxygen atoms in total. The van der Waals surface area contributed by atoms with Gasteiger partial charge in [0.25, 0.3) is 11.8 Å². The highest BCUT2D eigenvalue weighted by Gasteiger charge is 2.16. The van der Waals surface area contributed by atoms with E-state index in [-0.39, 0.29) is 10.6 Å². The van der Waals surface area contributed by atoms with Gasteiger partial charge in [0, 0.05) is 0 Å². The van der Waals surface area contributed by atoms with E-state index in [1.165, 1.54) is 5.51 Å². The molecule has 13 heavy (non-hydrogen) atoms. The van der Waals surface area contributed by atoms with Crippen molar-refractivity contribution in [3.05, 3.63) is 26.5 Å². The summed E-state index contributed by atoms with van der Waals surface area (Å²) >= 11 is 0.803. The number of nitrogens with zero attached hydrogens (tertiary/aromatic N) is 1. The van der Waals surface area contributed by atoms with Gasteiger partial charge in [-0.1, -0.05) is 0 Å². The Morgan fingerprint density at radius 1 is 1.31 bits per heavy atom. The SMILES string of the molecule is O=C(N[O-])c1ncsc1C(=O)N[O-]. The predicted molar refractivity (Wildman–Crippen MR) is 43.8 cm³/mol. The summed E-state index contributed by atoms with van der Waals surface area (Å²) in [5.74, 6) is -2.03. The van der Waals surface area contributed by atoms with E-state index in [1.54, 1.807) is 0 Å². The van der Waals surface area contributed by atoms with Crippen molar-refractivity contribution in [3.8, 4) is 0 Å². The van der Waals surface area contributed by atoms with Gasteiger partial charge >= 0.3 is 0 Å². The maximum absolute atomic E-state index is 10.8. The lowest BCUT2D eigenvalue weighted by Gasteiger charge is -2.08. The van der Waals surface area contributed by atoms with Gasteiger partial charge in [-0.05, 0) is 0 Å². The highest BCUT2D eigenvalue weighted by atomic mass is 32.1. The summed E-state index contributed by atoms with van der Waals surface area (Å²) in [6, 6.07) is 0. The first-order valence-corrected chi connectivity index (χ1v) is 3.87. The first-order chi connectivity index (χ1) is 6.20. The van der Waals surface area contributed by atoms with Crippen LogP contribution in [0.4, 0.5) is 0 Å². The second-order valence-electron chi connectivity index (χ2n) is 1.89. The quantitative estimate of drug-likeness (QED) is 0.631. The third-order valence-corrected chi connectivity index (χ3v) is 2.00. The Hall–Kier alpha value is -1.51. The van der Waals surface area contributed by atoms with E-state index in [0.29, 0.717) is 0 Å². The minimum absolute atomic E-state index is 0.177. The van der Waals surface area contributed by atoms with E-state index < -0.39 is 11.8 Å². The molecular formula is C5H3N3O4S-2. The molecule has 0 bridgehead atoms. The summed E-state index contributed by atoms with van der Waals surface area (Å²) < 4.78 is 0. The number of nitrogens with one attached hydrogen (secondary N) is 2. The second kappa shape index (κ2) is 3.94. The van der Waals surface area contributed by atoms with E-state index in [9.17, 15) is 20.0 Å². The van der Waals surface area contributed by atoms with E-state index >= 15 is 0 Å². The Balaban J connectivity index is 3.02. The number of aromatic nitrogens is 1. The lowest BCUT2D eigenvalue weighted by Crippen LogP contribution is -2.22. The Labute approximate surface area is 75.9 Å². The standard InChI is InChI=1S/C5H3N3O4S/c9-4(7-11)2-3(5(10)8-12)13-1-6-2/h1H,(H2-2,7,8,9,10,11,12)/q-2. The molecule has 0 unspecified atom stereocenters. The van der Waals surface area contributed by atoms with Gasteiger partial charge in [-0.25, -0.2) is 4.98 Å². The smallest absolute Gasteiger partial charge is 0.261 e. The monoisotopic (exact) mass is 201 g/mol. The molecule has 0 saturated heterocycles. The van der Waals surface area contributed by atoms with Crippen LogP contribution in [0.2, 0.25) is 0 Å². The van der Waals surface area contributed by atoms with Crippen molar-refractivity contribution in [3.63, 3.8) is 0 Å². The fourth-order valence-electron chi connectivity index (χ4n) is 0.664.